The predicted octanol–water partition coefficient (Wildman–Crippen LogP) is 4.07. The molecule has 21 heavy (non-hydrogen) atoms. The summed E-state index contributed by atoms with van der Waals surface area (Å²) in [6, 6.07) is 11.5. The number of carbonyl (C=O) groups is 1. The van der Waals surface area contributed by atoms with E-state index in [1.807, 2.05) is 43.3 Å². The van der Waals surface area contributed by atoms with E-state index in [4.69, 9.17) is 4.42 Å². The molecule has 0 saturated carbocycles. The molecule has 1 aromatic heterocycles. The van der Waals surface area contributed by atoms with E-state index in [1.165, 1.54) is 18.1 Å². The van der Waals surface area contributed by atoms with Crippen LogP contribution in [0.5, 0.6) is 0 Å². The minimum Gasteiger partial charge on any atom is -0.436 e. The van der Waals surface area contributed by atoms with Gasteiger partial charge in [0, 0.05) is 18.2 Å². The molecule has 0 unspecified atom stereocenters. The van der Waals surface area contributed by atoms with E-state index in [-0.39, 0.29) is 5.91 Å². The summed E-state index contributed by atoms with van der Waals surface area (Å²) >= 11 is 0. The van der Waals surface area contributed by atoms with E-state index < -0.39 is 0 Å². The van der Waals surface area contributed by atoms with Gasteiger partial charge in [0.1, 0.15) is 5.52 Å². The first-order chi connectivity index (χ1) is 10.0. The number of rotatable bonds is 2. The van der Waals surface area contributed by atoms with Gasteiger partial charge in [-0.3, -0.25) is 4.79 Å². The molecule has 1 N–H and O–H groups in total. The highest BCUT2D eigenvalue weighted by atomic mass is 16.3. The highest BCUT2D eigenvalue weighted by Gasteiger charge is 2.10. The zero-order valence-electron chi connectivity index (χ0n) is 12.2. The third-order valence-electron chi connectivity index (χ3n) is 3.43. The smallest absolute Gasteiger partial charge is 0.227 e. The SMILES string of the molecule is CC(=O)Nc1cccc(-c2nc3cc(C)c(C)cc3o2)c1. The average molecular weight is 280 g/mol. The molecule has 0 aliphatic carbocycles. The Balaban J connectivity index is 2.06. The first-order valence-electron chi connectivity index (χ1n) is 6.79. The number of benzene rings is 2. The standard InChI is InChI=1S/C17H16N2O2/c1-10-7-15-16(8-11(10)2)21-17(19-15)13-5-4-6-14(9-13)18-12(3)20/h4-9H,1-3H3,(H,18,20). The van der Waals surface area contributed by atoms with Gasteiger partial charge in [-0.25, -0.2) is 4.98 Å². The molecule has 0 bridgehead atoms. The van der Waals surface area contributed by atoms with E-state index >= 15 is 0 Å². The Morgan fingerprint density at radius 2 is 1.90 bits per heavy atom. The lowest BCUT2D eigenvalue weighted by Crippen LogP contribution is -2.05. The van der Waals surface area contributed by atoms with Crippen LogP contribution in [0.4, 0.5) is 5.69 Å². The van der Waals surface area contributed by atoms with E-state index in [0.717, 1.165) is 22.4 Å². The number of nitrogens with zero attached hydrogens (tertiary/aromatic N) is 1. The van der Waals surface area contributed by atoms with Crippen LogP contribution in [0.2, 0.25) is 0 Å². The fraction of sp³-hybridized carbons (Fsp3) is 0.176. The van der Waals surface area contributed by atoms with E-state index in [2.05, 4.69) is 17.2 Å². The van der Waals surface area contributed by atoms with Crippen molar-refractivity contribution in [1.29, 1.82) is 0 Å². The summed E-state index contributed by atoms with van der Waals surface area (Å²) in [6.45, 7) is 5.59. The monoisotopic (exact) mass is 280 g/mol. The van der Waals surface area contributed by atoms with Gasteiger partial charge in [-0.05, 0) is 55.3 Å². The fourth-order valence-corrected chi connectivity index (χ4v) is 2.24. The van der Waals surface area contributed by atoms with Gasteiger partial charge in [0.15, 0.2) is 5.58 Å². The third kappa shape index (κ3) is 2.65. The number of fused-ring (bicyclic) bond motifs is 1. The average Bonchev–Trinajstić information content (AvgIpc) is 2.82. The van der Waals surface area contributed by atoms with Gasteiger partial charge in [0.25, 0.3) is 0 Å². The molecule has 3 rings (SSSR count). The Morgan fingerprint density at radius 1 is 1.14 bits per heavy atom. The molecule has 0 radical (unpaired) electrons. The van der Waals surface area contributed by atoms with E-state index in [0.29, 0.717) is 5.89 Å². The van der Waals surface area contributed by atoms with Crippen LogP contribution in [-0.4, -0.2) is 10.9 Å². The van der Waals surface area contributed by atoms with Gasteiger partial charge in [0.2, 0.25) is 11.8 Å². The highest BCUT2D eigenvalue weighted by molar-refractivity contribution is 5.89. The molecule has 0 aliphatic rings. The topological polar surface area (TPSA) is 55.1 Å². The molecule has 0 spiro atoms. The van der Waals surface area contributed by atoms with Crippen molar-refractivity contribution in [2.75, 3.05) is 5.32 Å². The first-order valence-corrected chi connectivity index (χ1v) is 6.79. The molecule has 2 aromatic carbocycles. The maximum Gasteiger partial charge on any atom is 0.227 e. The Bertz CT molecular complexity index is 795. The van der Waals surface area contributed by atoms with Crippen molar-refractivity contribution in [1.82, 2.24) is 4.98 Å². The highest BCUT2D eigenvalue weighted by Crippen LogP contribution is 2.27. The van der Waals surface area contributed by atoms with Crippen molar-refractivity contribution in [3.8, 4) is 11.5 Å². The number of aryl methyl sites for hydroxylation is 2. The number of oxazole rings is 1. The number of hydrogen-bond donors (Lipinski definition) is 1. The maximum atomic E-state index is 11.1. The molecule has 1 heterocycles. The molecule has 0 aliphatic heterocycles. The summed E-state index contributed by atoms with van der Waals surface area (Å²) in [5, 5.41) is 2.76. The molecule has 0 fully saturated rings. The van der Waals surface area contributed by atoms with Crippen LogP contribution in [-0.2, 0) is 4.79 Å². The Labute approximate surface area is 122 Å². The van der Waals surface area contributed by atoms with Crippen LogP contribution in [0.25, 0.3) is 22.6 Å². The maximum absolute atomic E-state index is 11.1. The molecule has 0 atom stereocenters. The first kappa shape index (κ1) is 13.4. The third-order valence-corrected chi connectivity index (χ3v) is 3.43. The van der Waals surface area contributed by atoms with Gasteiger partial charge >= 0.3 is 0 Å². The van der Waals surface area contributed by atoms with Crippen molar-refractivity contribution in [2.45, 2.75) is 20.8 Å². The fourth-order valence-electron chi connectivity index (χ4n) is 2.24. The lowest BCUT2D eigenvalue weighted by atomic mass is 10.1. The zero-order chi connectivity index (χ0) is 15.0. The molecular weight excluding hydrogens is 264 g/mol. The number of anilines is 1. The molecule has 0 saturated heterocycles. The van der Waals surface area contributed by atoms with Crippen LogP contribution < -0.4 is 5.32 Å². The lowest BCUT2D eigenvalue weighted by Gasteiger charge is -2.02. The number of aromatic nitrogens is 1. The normalized spacial score (nSPS) is 10.8. The van der Waals surface area contributed by atoms with Crippen LogP contribution in [0.1, 0.15) is 18.1 Å². The van der Waals surface area contributed by atoms with Crippen molar-refractivity contribution in [2.24, 2.45) is 0 Å². The van der Waals surface area contributed by atoms with Gasteiger partial charge in [-0.15, -0.1) is 0 Å². The van der Waals surface area contributed by atoms with Gasteiger partial charge in [-0.2, -0.15) is 0 Å². The molecule has 1 amide bonds. The minimum atomic E-state index is -0.101. The summed E-state index contributed by atoms with van der Waals surface area (Å²) in [5.41, 5.74) is 5.56. The Hall–Kier alpha value is -2.62. The van der Waals surface area contributed by atoms with Crippen LogP contribution in [0.15, 0.2) is 40.8 Å². The van der Waals surface area contributed by atoms with Crippen molar-refractivity contribution in [3.63, 3.8) is 0 Å². The number of amides is 1. The molecular formula is C17H16N2O2. The lowest BCUT2D eigenvalue weighted by molar-refractivity contribution is -0.114. The van der Waals surface area contributed by atoms with Crippen molar-refractivity contribution in [3.05, 3.63) is 47.5 Å². The van der Waals surface area contributed by atoms with E-state index in [1.54, 1.807) is 0 Å². The van der Waals surface area contributed by atoms with Gasteiger partial charge < -0.3 is 9.73 Å². The van der Waals surface area contributed by atoms with E-state index in [9.17, 15) is 4.79 Å². The van der Waals surface area contributed by atoms with Crippen LogP contribution in [0.3, 0.4) is 0 Å². The zero-order valence-corrected chi connectivity index (χ0v) is 12.2. The molecule has 4 heteroatoms. The number of nitrogens with one attached hydrogen (secondary N) is 1. The van der Waals surface area contributed by atoms with Crippen LogP contribution in [0, 0.1) is 13.8 Å². The second kappa shape index (κ2) is 5.05. The second-order valence-electron chi connectivity index (χ2n) is 5.19. The summed E-state index contributed by atoms with van der Waals surface area (Å²) < 4.78 is 5.83. The van der Waals surface area contributed by atoms with Crippen LogP contribution >= 0.6 is 0 Å². The van der Waals surface area contributed by atoms with Gasteiger partial charge in [-0.1, -0.05) is 6.07 Å². The summed E-state index contributed by atoms with van der Waals surface area (Å²) in [4.78, 5) is 15.7. The molecule has 106 valence electrons. The predicted molar refractivity (Wildman–Crippen MR) is 83.2 cm³/mol. The Kier molecular flexibility index (Phi) is 3.22. The largest absolute Gasteiger partial charge is 0.436 e. The van der Waals surface area contributed by atoms with Crippen molar-refractivity contribution >= 4 is 22.7 Å². The quantitative estimate of drug-likeness (QED) is 0.769. The molecule has 4 nitrogen and oxygen atoms in total. The van der Waals surface area contributed by atoms with Gasteiger partial charge in [0.05, 0.1) is 0 Å². The summed E-state index contributed by atoms with van der Waals surface area (Å²) in [5.74, 6) is 0.457. The Morgan fingerprint density at radius 3 is 2.67 bits per heavy atom. The number of hydrogen-bond acceptors (Lipinski definition) is 3. The van der Waals surface area contributed by atoms with Crippen molar-refractivity contribution < 1.29 is 9.21 Å². The minimum absolute atomic E-state index is 0.101. The molecule has 3 aromatic rings. The number of carbonyl (C=O) groups excluding carboxylic acids is 1. The summed E-state index contributed by atoms with van der Waals surface area (Å²) in [6.07, 6.45) is 0. The second-order valence-corrected chi connectivity index (χ2v) is 5.19. The summed E-state index contributed by atoms with van der Waals surface area (Å²) in [7, 11) is 0.